The van der Waals surface area contributed by atoms with Gasteiger partial charge in [-0.1, -0.05) is 0 Å². The lowest BCUT2D eigenvalue weighted by Crippen LogP contribution is -1.96. The number of aromatic amines is 1. The van der Waals surface area contributed by atoms with Gasteiger partial charge in [-0.25, -0.2) is 4.98 Å². The normalized spacial score (nSPS) is 10.5. The minimum atomic E-state index is -0.184. The molecule has 0 aliphatic rings. The van der Waals surface area contributed by atoms with Crippen LogP contribution < -0.4 is 0 Å². The lowest BCUT2D eigenvalue weighted by atomic mass is 10.1. The highest BCUT2D eigenvalue weighted by molar-refractivity contribution is 5.68. The summed E-state index contributed by atoms with van der Waals surface area (Å²) in [6.07, 6.45) is 4.78. The first-order chi connectivity index (χ1) is 7.24. The van der Waals surface area contributed by atoms with Gasteiger partial charge in [-0.3, -0.25) is 4.98 Å². The second kappa shape index (κ2) is 3.70. The zero-order valence-electron chi connectivity index (χ0n) is 8.23. The Bertz CT molecular complexity index is 466. The Labute approximate surface area is 86.5 Å². The van der Waals surface area contributed by atoms with Crippen molar-refractivity contribution in [1.29, 1.82) is 0 Å². The zero-order valence-corrected chi connectivity index (χ0v) is 8.23. The van der Waals surface area contributed by atoms with Gasteiger partial charge in [-0.2, -0.15) is 0 Å². The summed E-state index contributed by atoms with van der Waals surface area (Å²) >= 11 is 0. The molecule has 0 aliphatic heterocycles. The van der Waals surface area contributed by atoms with Gasteiger partial charge in [0, 0.05) is 24.2 Å². The van der Waals surface area contributed by atoms with Gasteiger partial charge in [-0.05, 0) is 6.92 Å². The van der Waals surface area contributed by atoms with Crippen molar-refractivity contribution in [3.63, 3.8) is 0 Å². The fourth-order valence-electron chi connectivity index (χ4n) is 1.42. The van der Waals surface area contributed by atoms with Crippen molar-refractivity contribution >= 4 is 0 Å². The molecule has 2 aromatic rings. The number of aromatic nitrogens is 3. The number of imidazole rings is 1. The number of aliphatic hydroxyl groups is 1. The summed E-state index contributed by atoms with van der Waals surface area (Å²) in [5.74, 6) is 0.582. The lowest BCUT2D eigenvalue weighted by molar-refractivity contribution is 0.281. The monoisotopic (exact) mass is 207 g/mol. The second-order valence-corrected chi connectivity index (χ2v) is 3.19. The van der Waals surface area contributed by atoms with E-state index >= 15 is 0 Å². The van der Waals surface area contributed by atoms with E-state index < -0.39 is 0 Å². The average Bonchev–Trinajstić information content (AvgIpc) is 2.75. The summed E-state index contributed by atoms with van der Waals surface area (Å²) in [4.78, 5) is 10.9. The van der Waals surface area contributed by atoms with Crippen LogP contribution in [0.25, 0.3) is 11.4 Å². The Morgan fingerprint density at radius 2 is 2.20 bits per heavy atom. The SMILES string of the molecule is Cc1ncc(CO)c(-c2[15n]cc[15nH]2)c1O. The molecule has 0 saturated carbocycles. The van der Waals surface area contributed by atoms with Crippen LogP contribution in [0.1, 0.15) is 11.3 Å². The molecule has 5 nitrogen and oxygen atoms in total. The van der Waals surface area contributed by atoms with E-state index in [4.69, 9.17) is 5.11 Å². The Balaban J connectivity index is 2.67. The van der Waals surface area contributed by atoms with Gasteiger partial charge >= 0.3 is 0 Å². The molecule has 0 fully saturated rings. The van der Waals surface area contributed by atoms with Crippen molar-refractivity contribution < 1.29 is 10.2 Å². The summed E-state index contributed by atoms with van der Waals surface area (Å²) in [5.41, 5.74) is 1.57. The number of nitrogens with zero attached hydrogens (tertiary/aromatic N) is 2. The third kappa shape index (κ3) is 1.57. The molecular formula is C10H11N3O2. The molecule has 5 heteroatoms. The van der Waals surface area contributed by atoms with E-state index in [9.17, 15) is 5.11 Å². The molecule has 3 N–H and O–H groups in total. The summed E-state index contributed by atoms with van der Waals surface area (Å²) in [6.45, 7) is 1.51. The number of aliphatic hydroxyl groups excluding tert-OH is 1. The maximum Gasteiger partial charge on any atom is 0.148 e. The van der Waals surface area contributed by atoms with Gasteiger partial charge in [0.1, 0.15) is 11.6 Å². The topological polar surface area (TPSA) is 82.0 Å². The van der Waals surface area contributed by atoms with Gasteiger partial charge in [0.2, 0.25) is 0 Å². The third-order valence-corrected chi connectivity index (χ3v) is 2.22. The zero-order chi connectivity index (χ0) is 10.8. The van der Waals surface area contributed by atoms with Gasteiger partial charge in [-0.15, -0.1) is 0 Å². The number of aryl methyl sites for hydroxylation is 1. The molecule has 2 aromatic heterocycles. The van der Waals surface area contributed by atoms with Crippen molar-refractivity contribution in [3.05, 3.63) is 29.8 Å². The van der Waals surface area contributed by atoms with Crippen molar-refractivity contribution in [2.75, 3.05) is 0 Å². The molecule has 2 rings (SSSR count). The summed E-state index contributed by atoms with van der Waals surface area (Å²) in [6, 6.07) is 0. The molecule has 0 radical (unpaired) electrons. The molecule has 0 aromatic carbocycles. The molecule has 78 valence electrons. The van der Waals surface area contributed by atoms with E-state index in [2.05, 4.69) is 15.0 Å². The van der Waals surface area contributed by atoms with E-state index in [1.54, 1.807) is 19.3 Å². The highest BCUT2D eigenvalue weighted by Crippen LogP contribution is 2.31. The van der Waals surface area contributed by atoms with E-state index in [0.29, 0.717) is 22.6 Å². The summed E-state index contributed by atoms with van der Waals surface area (Å²) in [7, 11) is 0. The van der Waals surface area contributed by atoms with Crippen molar-refractivity contribution in [3.8, 4) is 17.1 Å². The first-order valence-electron chi connectivity index (χ1n) is 4.52. The Morgan fingerprint density at radius 1 is 1.40 bits per heavy atom. The predicted octanol–water partition coefficient (Wildman–Crippen LogP) is 0.978. The van der Waals surface area contributed by atoms with Crippen molar-refractivity contribution in [2.24, 2.45) is 0 Å². The molecule has 2 heterocycles. The third-order valence-electron chi connectivity index (χ3n) is 2.22. The highest BCUT2D eigenvalue weighted by atomic mass is 16.3. The maximum atomic E-state index is 9.85. The average molecular weight is 207 g/mol. The molecule has 0 atom stereocenters. The van der Waals surface area contributed by atoms with Gasteiger partial charge < -0.3 is 15.2 Å². The van der Waals surface area contributed by atoms with Crippen LogP contribution in [-0.2, 0) is 6.61 Å². The fraction of sp³-hybridized carbons (Fsp3) is 0.200. The minimum Gasteiger partial charge on any atom is -0.505 e. The quantitative estimate of drug-likeness (QED) is 0.685. The Kier molecular flexibility index (Phi) is 2.39. The van der Waals surface area contributed by atoms with E-state index in [1.807, 2.05) is 0 Å². The fourth-order valence-corrected chi connectivity index (χ4v) is 1.42. The van der Waals surface area contributed by atoms with Crippen LogP contribution in [-0.4, -0.2) is 25.2 Å². The number of hydrogen-bond donors (Lipinski definition) is 3. The van der Waals surface area contributed by atoms with Crippen LogP contribution in [0.2, 0.25) is 0 Å². The molecule has 15 heavy (non-hydrogen) atoms. The number of nitrogens with one attached hydrogen (secondary N) is 1. The maximum absolute atomic E-state index is 9.85. The van der Waals surface area contributed by atoms with Crippen LogP contribution in [0.3, 0.4) is 0 Å². The molecule has 0 unspecified atom stereocenters. The first kappa shape index (κ1) is 9.67. The number of rotatable bonds is 2. The largest absolute Gasteiger partial charge is 0.505 e. The van der Waals surface area contributed by atoms with Crippen LogP contribution >= 0.6 is 0 Å². The molecule has 0 spiro atoms. The van der Waals surface area contributed by atoms with Gasteiger partial charge in [0.15, 0.2) is 0 Å². The van der Waals surface area contributed by atoms with Crippen LogP contribution in [0, 0.1) is 6.92 Å². The lowest BCUT2D eigenvalue weighted by Gasteiger charge is -2.08. The second-order valence-electron chi connectivity index (χ2n) is 3.19. The van der Waals surface area contributed by atoms with Gasteiger partial charge in [0.25, 0.3) is 0 Å². The van der Waals surface area contributed by atoms with E-state index in [1.165, 1.54) is 6.20 Å². The van der Waals surface area contributed by atoms with E-state index in [0.717, 1.165) is 0 Å². The predicted molar refractivity (Wildman–Crippen MR) is 54.1 cm³/mol. The Morgan fingerprint density at radius 3 is 2.80 bits per heavy atom. The number of H-pyrrole nitrogens is 1. The molecule has 0 aliphatic carbocycles. The number of aromatic hydroxyl groups is 1. The first-order valence-corrected chi connectivity index (χ1v) is 4.52. The van der Waals surface area contributed by atoms with Crippen LogP contribution in [0.5, 0.6) is 5.75 Å². The number of pyridine rings is 1. The summed E-state index contributed by atoms with van der Waals surface area (Å²) < 4.78 is 0. The van der Waals surface area contributed by atoms with Crippen molar-refractivity contribution in [1.82, 2.24) is 15.0 Å². The van der Waals surface area contributed by atoms with Crippen LogP contribution in [0.4, 0.5) is 0 Å². The standard InChI is InChI=1S/C10H11N3O2/c1-6-9(15)8(7(5-14)4-13-6)10-11-2-3-12-10/h2-4,14-15H,5H2,1H3,(H,11,12)/i11+1,12+1. The smallest absolute Gasteiger partial charge is 0.148 e. The number of hydrogen-bond acceptors (Lipinski definition) is 4. The van der Waals surface area contributed by atoms with Crippen LogP contribution in [0.15, 0.2) is 18.6 Å². The van der Waals surface area contributed by atoms with E-state index in [-0.39, 0.29) is 12.4 Å². The molecule has 0 bridgehead atoms. The minimum absolute atomic E-state index is 0.0523. The summed E-state index contributed by atoms with van der Waals surface area (Å²) in [5, 5.41) is 19.0. The molecule has 0 saturated heterocycles. The highest BCUT2D eigenvalue weighted by Gasteiger charge is 2.14. The van der Waals surface area contributed by atoms with Crippen molar-refractivity contribution in [2.45, 2.75) is 13.5 Å². The molecule has 0 amide bonds. The van der Waals surface area contributed by atoms with Gasteiger partial charge in [0.05, 0.1) is 17.9 Å². The molecular weight excluding hydrogens is 196 g/mol. The Hall–Kier alpha value is -1.88.